The van der Waals surface area contributed by atoms with Crippen LogP contribution in [0.3, 0.4) is 0 Å². The Morgan fingerprint density at radius 2 is 1.93 bits per heavy atom. The number of alkyl halides is 3. The maximum atomic E-state index is 10.6. The van der Waals surface area contributed by atoms with Gasteiger partial charge in [-0.3, -0.25) is 4.90 Å². The standard InChI is InChI=1S/C18H23NO2.C2HF3O2/c1-20-18-9-10-19(14-17-8-5-11-21-17)13-16(18)12-15-6-3-2-4-7-15;3-2(4,5)1(6)7/h2-8,11,16,18H,9-10,12-14H2,1H3;(H,6,7)/t16-,18+;/m0./s1. The molecule has 1 aromatic carbocycles. The second-order valence-corrected chi connectivity index (χ2v) is 6.63. The van der Waals surface area contributed by atoms with E-state index in [1.54, 1.807) is 6.26 Å². The van der Waals surface area contributed by atoms with Crippen molar-refractivity contribution in [2.24, 2.45) is 5.92 Å². The Morgan fingerprint density at radius 3 is 2.46 bits per heavy atom. The molecular weight excluding hydrogens is 375 g/mol. The van der Waals surface area contributed by atoms with Crippen LogP contribution in [0.15, 0.2) is 53.1 Å². The number of furan rings is 1. The first-order chi connectivity index (χ1) is 13.3. The highest BCUT2D eigenvalue weighted by Crippen LogP contribution is 2.25. The van der Waals surface area contributed by atoms with E-state index in [2.05, 4.69) is 41.3 Å². The lowest BCUT2D eigenvalue weighted by molar-refractivity contribution is -0.192. The number of hydrogen-bond acceptors (Lipinski definition) is 4. The predicted molar refractivity (Wildman–Crippen MR) is 96.7 cm³/mol. The number of nitrogens with zero attached hydrogens (tertiary/aromatic N) is 1. The zero-order chi connectivity index (χ0) is 20.6. The number of halogens is 3. The predicted octanol–water partition coefficient (Wildman–Crippen LogP) is 3.99. The Labute approximate surface area is 161 Å². The minimum atomic E-state index is -5.08. The molecule has 1 saturated heterocycles. The van der Waals surface area contributed by atoms with Crippen molar-refractivity contribution in [3.05, 3.63) is 60.1 Å². The summed E-state index contributed by atoms with van der Waals surface area (Å²) in [5.41, 5.74) is 1.39. The lowest BCUT2D eigenvalue weighted by atomic mass is 9.88. The number of carbonyl (C=O) groups is 1. The molecule has 1 fully saturated rings. The number of carboxylic acid groups (broad SMARTS) is 1. The molecule has 154 valence electrons. The Hall–Kier alpha value is -2.32. The van der Waals surface area contributed by atoms with Crippen molar-refractivity contribution >= 4 is 5.97 Å². The minimum Gasteiger partial charge on any atom is -0.475 e. The van der Waals surface area contributed by atoms with Crippen LogP contribution < -0.4 is 0 Å². The van der Waals surface area contributed by atoms with Crippen LogP contribution in [0.1, 0.15) is 17.7 Å². The number of aliphatic carboxylic acids is 1. The highest BCUT2D eigenvalue weighted by atomic mass is 19.4. The Morgan fingerprint density at radius 1 is 1.25 bits per heavy atom. The molecule has 2 aromatic rings. The van der Waals surface area contributed by atoms with Crippen LogP contribution in [-0.2, 0) is 22.5 Å². The minimum absolute atomic E-state index is 0.359. The smallest absolute Gasteiger partial charge is 0.475 e. The summed E-state index contributed by atoms with van der Waals surface area (Å²) in [7, 11) is 1.84. The molecule has 1 N–H and O–H groups in total. The summed E-state index contributed by atoms with van der Waals surface area (Å²) in [5.74, 6) is -1.17. The summed E-state index contributed by atoms with van der Waals surface area (Å²) in [5, 5.41) is 7.12. The summed E-state index contributed by atoms with van der Waals surface area (Å²) < 4.78 is 42.9. The molecule has 1 aliphatic rings. The van der Waals surface area contributed by atoms with Crippen LogP contribution in [0, 0.1) is 5.92 Å². The normalized spacial score (nSPS) is 20.3. The second kappa shape index (κ2) is 10.3. The van der Waals surface area contributed by atoms with E-state index in [-0.39, 0.29) is 0 Å². The third kappa shape index (κ3) is 7.01. The molecule has 1 aromatic heterocycles. The molecule has 2 atom stereocenters. The number of methoxy groups -OCH3 is 1. The molecule has 0 amide bonds. The van der Waals surface area contributed by atoms with E-state index < -0.39 is 12.1 Å². The van der Waals surface area contributed by atoms with E-state index in [1.807, 2.05) is 13.2 Å². The number of piperidine rings is 1. The molecule has 0 spiro atoms. The van der Waals surface area contributed by atoms with Gasteiger partial charge in [-0.05, 0) is 30.5 Å². The third-order valence-corrected chi connectivity index (χ3v) is 4.59. The van der Waals surface area contributed by atoms with Gasteiger partial charge in [-0.1, -0.05) is 30.3 Å². The summed E-state index contributed by atoms with van der Waals surface area (Å²) in [6.45, 7) is 3.04. The van der Waals surface area contributed by atoms with E-state index >= 15 is 0 Å². The van der Waals surface area contributed by atoms with E-state index in [1.165, 1.54) is 5.56 Å². The van der Waals surface area contributed by atoms with Gasteiger partial charge in [0.1, 0.15) is 5.76 Å². The third-order valence-electron chi connectivity index (χ3n) is 4.59. The zero-order valence-electron chi connectivity index (χ0n) is 15.6. The van der Waals surface area contributed by atoms with Gasteiger partial charge in [-0.2, -0.15) is 13.2 Å². The van der Waals surface area contributed by atoms with Gasteiger partial charge < -0.3 is 14.3 Å². The average Bonchev–Trinajstić information content (AvgIpc) is 3.16. The highest BCUT2D eigenvalue weighted by Gasteiger charge is 2.38. The fourth-order valence-electron chi connectivity index (χ4n) is 3.28. The molecule has 2 heterocycles. The van der Waals surface area contributed by atoms with Gasteiger partial charge in [0.2, 0.25) is 0 Å². The van der Waals surface area contributed by atoms with Gasteiger partial charge in [-0.25, -0.2) is 4.79 Å². The topological polar surface area (TPSA) is 62.9 Å². The maximum Gasteiger partial charge on any atom is 0.490 e. The first kappa shape index (κ1) is 22.0. The maximum absolute atomic E-state index is 10.6. The van der Waals surface area contributed by atoms with E-state index in [9.17, 15) is 13.2 Å². The van der Waals surface area contributed by atoms with Crippen molar-refractivity contribution in [2.75, 3.05) is 20.2 Å². The van der Waals surface area contributed by atoms with Crippen molar-refractivity contribution < 1.29 is 32.2 Å². The number of carboxylic acids is 1. The molecule has 0 radical (unpaired) electrons. The van der Waals surface area contributed by atoms with Crippen LogP contribution in [0.2, 0.25) is 0 Å². The van der Waals surface area contributed by atoms with Crippen LogP contribution in [-0.4, -0.2) is 48.5 Å². The number of hydrogen-bond donors (Lipinski definition) is 1. The van der Waals surface area contributed by atoms with Gasteiger partial charge in [0.05, 0.1) is 18.9 Å². The Balaban J connectivity index is 0.000000345. The lowest BCUT2D eigenvalue weighted by Gasteiger charge is -2.37. The molecule has 28 heavy (non-hydrogen) atoms. The van der Waals surface area contributed by atoms with Crippen LogP contribution in [0.4, 0.5) is 13.2 Å². The molecule has 0 aliphatic carbocycles. The Bertz CT molecular complexity index is 704. The second-order valence-electron chi connectivity index (χ2n) is 6.63. The fourth-order valence-corrected chi connectivity index (χ4v) is 3.28. The van der Waals surface area contributed by atoms with Crippen molar-refractivity contribution in [1.29, 1.82) is 0 Å². The van der Waals surface area contributed by atoms with Crippen molar-refractivity contribution in [2.45, 2.75) is 31.7 Å². The van der Waals surface area contributed by atoms with Gasteiger partial charge >= 0.3 is 12.1 Å². The molecule has 5 nitrogen and oxygen atoms in total. The monoisotopic (exact) mass is 399 g/mol. The van der Waals surface area contributed by atoms with E-state index in [0.717, 1.165) is 38.2 Å². The van der Waals surface area contributed by atoms with Gasteiger partial charge in [-0.15, -0.1) is 0 Å². The number of likely N-dealkylation sites (tertiary alicyclic amines) is 1. The van der Waals surface area contributed by atoms with Gasteiger partial charge in [0.25, 0.3) is 0 Å². The first-order valence-electron chi connectivity index (χ1n) is 8.91. The lowest BCUT2D eigenvalue weighted by Crippen LogP contribution is -2.44. The molecule has 0 unspecified atom stereocenters. The van der Waals surface area contributed by atoms with Crippen molar-refractivity contribution in [1.82, 2.24) is 4.90 Å². The summed E-state index contributed by atoms with van der Waals surface area (Å²) in [6, 6.07) is 14.7. The Kier molecular flexibility index (Phi) is 8.07. The first-order valence-corrected chi connectivity index (χ1v) is 8.91. The molecule has 1 aliphatic heterocycles. The molecular formula is C20H24F3NO4. The largest absolute Gasteiger partial charge is 0.490 e. The van der Waals surface area contributed by atoms with Crippen LogP contribution >= 0.6 is 0 Å². The summed E-state index contributed by atoms with van der Waals surface area (Å²) in [4.78, 5) is 11.4. The van der Waals surface area contributed by atoms with Crippen LogP contribution in [0.25, 0.3) is 0 Å². The molecule has 3 rings (SSSR count). The quantitative estimate of drug-likeness (QED) is 0.824. The van der Waals surface area contributed by atoms with Gasteiger partial charge in [0.15, 0.2) is 0 Å². The zero-order valence-corrected chi connectivity index (χ0v) is 15.6. The summed E-state index contributed by atoms with van der Waals surface area (Å²) in [6.07, 6.45) is -0.806. The molecule has 0 bridgehead atoms. The van der Waals surface area contributed by atoms with E-state index in [0.29, 0.717) is 12.0 Å². The van der Waals surface area contributed by atoms with Crippen molar-refractivity contribution in [3.8, 4) is 0 Å². The fraction of sp³-hybridized carbons (Fsp3) is 0.450. The number of ether oxygens (including phenoxy) is 1. The number of rotatable bonds is 5. The van der Waals surface area contributed by atoms with Crippen LogP contribution in [0.5, 0.6) is 0 Å². The van der Waals surface area contributed by atoms with Gasteiger partial charge in [0, 0.05) is 26.1 Å². The molecule has 8 heteroatoms. The SMILES string of the molecule is CO[C@@H]1CCN(Cc2ccco2)C[C@@H]1Cc1ccccc1.O=C(O)C(F)(F)F. The highest BCUT2D eigenvalue weighted by molar-refractivity contribution is 5.73. The number of benzene rings is 1. The van der Waals surface area contributed by atoms with Crippen molar-refractivity contribution in [3.63, 3.8) is 0 Å². The average molecular weight is 399 g/mol. The summed E-state index contributed by atoms with van der Waals surface area (Å²) >= 11 is 0. The van der Waals surface area contributed by atoms with E-state index in [4.69, 9.17) is 19.1 Å². The molecule has 0 saturated carbocycles.